The van der Waals surface area contributed by atoms with Crippen LogP contribution in [0.15, 0.2) is 30.3 Å². The van der Waals surface area contributed by atoms with Gasteiger partial charge in [-0.3, -0.25) is 0 Å². The summed E-state index contributed by atoms with van der Waals surface area (Å²) in [6.07, 6.45) is 0. The molecule has 0 spiro atoms. The standard InChI is InChI=1S/C17H17N3O5/c1-3-25-17(23)11-7-12-13(8-16(11)24-2)19-20(18-12)14-6-10(9-21)4-5-15(14)22/h4-8,21-22H,3,9H2,1-2H3. The second kappa shape index (κ2) is 6.78. The first kappa shape index (κ1) is 16.7. The molecule has 0 atom stereocenters. The van der Waals surface area contributed by atoms with Gasteiger partial charge < -0.3 is 19.7 Å². The molecule has 2 N–H and O–H groups in total. The van der Waals surface area contributed by atoms with Crippen LogP contribution in [-0.4, -0.2) is 44.9 Å². The fraction of sp³-hybridized carbons (Fsp3) is 0.235. The highest BCUT2D eigenvalue weighted by molar-refractivity contribution is 5.96. The van der Waals surface area contributed by atoms with Crippen molar-refractivity contribution in [2.24, 2.45) is 0 Å². The third kappa shape index (κ3) is 3.11. The largest absolute Gasteiger partial charge is 0.506 e. The fourth-order valence-corrected chi connectivity index (χ4v) is 2.42. The average molecular weight is 343 g/mol. The number of rotatable bonds is 5. The molecule has 8 heteroatoms. The van der Waals surface area contributed by atoms with Crippen molar-refractivity contribution in [3.8, 4) is 17.2 Å². The first-order valence-corrected chi connectivity index (χ1v) is 7.62. The SMILES string of the molecule is CCOC(=O)c1cc2nn(-c3cc(CO)ccc3O)nc2cc1OC. The molecule has 3 rings (SSSR count). The molecule has 0 amide bonds. The molecule has 8 nitrogen and oxygen atoms in total. The van der Waals surface area contributed by atoms with E-state index in [2.05, 4.69) is 10.2 Å². The van der Waals surface area contributed by atoms with Crippen LogP contribution < -0.4 is 4.74 Å². The number of aliphatic hydroxyl groups excluding tert-OH is 1. The lowest BCUT2D eigenvalue weighted by Gasteiger charge is -2.06. The highest BCUT2D eigenvalue weighted by atomic mass is 16.5. The topological polar surface area (TPSA) is 107 Å². The summed E-state index contributed by atoms with van der Waals surface area (Å²) in [4.78, 5) is 13.3. The lowest BCUT2D eigenvalue weighted by atomic mass is 10.2. The van der Waals surface area contributed by atoms with Crippen LogP contribution >= 0.6 is 0 Å². The van der Waals surface area contributed by atoms with Crippen LogP contribution in [0.5, 0.6) is 11.5 Å². The monoisotopic (exact) mass is 343 g/mol. The van der Waals surface area contributed by atoms with Crippen molar-refractivity contribution in [2.45, 2.75) is 13.5 Å². The Morgan fingerprint density at radius 1 is 1.20 bits per heavy atom. The van der Waals surface area contributed by atoms with Crippen molar-refractivity contribution in [1.82, 2.24) is 15.0 Å². The highest BCUT2D eigenvalue weighted by Crippen LogP contribution is 2.27. The second-order valence-electron chi connectivity index (χ2n) is 5.23. The maximum absolute atomic E-state index is 12.1. The van der Waals surface area contributed by atoms with Gasteiger partial charge in [-0.05, 0) is 30.7 Å². The molecule has 0 aliphatic carbocycles. The summed E-state index contributed by atoms with van der Waals surface area (Å²) in [7, 11) is 1.45. The molecule has 1 aromatic heterocycles. The molecule has 0 unspecified atom stereocenters. The quantitative estimate of drug-likeness (QED) is 0.680. The number of hydrogen-bond donors (Lipinski definition) is 2. The van der Waals surface area contributed by atoms with Crippen molar-refractivity contribution >= 4 is 17.0 Å². The van der Waals surface area contributed by atoms with Gasteiger partial charge in [-0.25, -0.2) is 4.79 Å². The summed E-state index contributed by atoms with van der Waals surface area (Å²) < 4.78 is 10.3. The molecule has 1 heterocycles. The van der Waals surface area contributed by atoms with Crippen LogP contribution in [0.25, 0.3) is 16.7 Å². The number of fused-ring (bicyclic) bond motifs is 1. The van der Waals surface area contributed by atoms with Crippen molar-refractivity contribution in [3.05, 3.63) is 41.5 Å². The zero-order chi connectivity index (χ0) is 18.0. The normalized spacial score (nSPS) is 10.8. The Morgan fingerprint density at radius 3 is 2.56 bits per heavy atom. The van der Waals surface area contributed by atoms with E-state index in [9.17, 15) is 15.0 Å². The number of carbonyl (C=O) groups is 1. The van der Waals surface area contributed by atoms with Crippen molar-refractivity contribution in [3.63, 3.8) is 0 Å². The Labute approximate surface area is 143 Å². The number of benzene rings is 2. The first-order valence-electron chi connectivity index (χ1n) is 7.62. The van der Waals surface area contributed by atoms with E-state index in [1.165, 1.54) is 24.0 Å². The molecular weight excluding hydrogens is 326 g/mol. The van der Waals surface area contributed by atoms with Crippen LogP contribution in [0.2, 0.25) is 0 Å². The molecule has 0 saturated carbocycles. The third-order valence-corrected chi connectivity index (χ3v) is 3.63. The maximum Gasteiger partial charge on any atom is 0.341 e. The number of aromatic nitrogens is 3. The van der Waals surface area contributed by atoms with Crippen molar-refractivity contribution in [1.29, 1.82) is 0 Å². The summed E-state index contributed by atoms with van der Waals surface area (Å²) >= 11 is 0. The fourth-order valence-electron chi connectivity index (χ4n) is 2.42. The molecule has 25 heavy (non-hydrogen) atoms. The van der Waals surface area contributed by atoms with E-state index < -0.39 is 5.97 Å². The second-order valence-corrected chi connectivity index (χ2v) is 5.23. The zero-order valence-corrected chi connectivity index (χ0v) is 13.8. The van der Waals surface area contributed by atoms with Gasteiger partial charge in [0, 0.05) is 6.07 Å². The molecule has 0 fully saturated rings. The van der Waals surface area contributed by atoms with E-state index in [-0.39, 0.29) is 24.5 Å². The third-order valence-electron chi connectivity index (χ3n) is 3.63. The molecular formula is C17H17N3O5. The van der Waals surface area contributed by atoms with E-state index in [1.54, 1.807) is 25.1 Å². The van der Waals surface area contributed by atoms with Gasteiger partial charge in [-0.15, -0.1) is 15.0 Å². The molecule has 0 aliphatic rings. The van der Waals surface area contributed by atoms with E-state index in [4.69, 9.17) is 9.47 Å². The lowest BCUT2D eigenvalue weighted by Crippen LogP contribution is -2.06. The number of ether oxygens (including phenoxy) is 2. The van der Waals surface area contributed by atoms with Gasteiger partial charge in [0.25, 0.3) is 0 Å². The predicted octanol–water partition coefficient (Wildman–Crippen LogP) is 1.80. The van der Waals surface area contributed by atoms with Crippen LogP contribution in [0.3, 0.4) is 0 Å². The van der Waals surface area contributed by atoms with Gasteiger partial charge in [0.15, 0.2) is 0 Å². The number of nitrogens with zero attached hydrogens (tertiary/aromatic N) is 3. The Kier molecular flexibility index (Phi) is 4.53. The number of hydrogen-bond acceptors (Lipinski definition) is 7. The smallest absolute Gasteiger partial charge is 0.341 e. The number of methoxy groups -OCH3 is 1. The Hall–Kier alpha value is -3.13. The summed E-state index contributed by atoms with van der Waals surface area (Å²) in [5, 5.41) is 27.9. The van der Waals surface area contributed by atoms with E-state index in [0.717, 1.165) is 0 Å². The first-order chi connectivity index (χ1) is 12.1. The number of aliphatic hydroxyl groups is 1. The van der Waals surface area contributed by atoms with Crippen LogP contribution in [0, 0.1) is 0 Å². The zero-order valence-electron chi connectivity index (χ0n) is 13.8. The van der Waals surface area contributed by atoms with Crippen LogP contribution in [0.1, 0.15) is 22.8 Å². The van der Waals surface area contributed by atoms with E-state index in [1.807, 2.05) is 0 Å². The number of phenols is 1. The summed E-state index contributed by atoms with van der Waals surface area (Å²) in [6.45, 7) is 1.79. The Bertz CT molecular complexity index is 935. The molecule has 3 aromatic rings. The van der Waals surface area contributed by atoms with E-state index >= 15 is 0 Å². The summed E-state index contributed by atoms with van der Waals surface area (Å²) in [5.74, 6) is -0.220. The Balaban J connectivity index is 2.13. The van der Waals surface area contributed by atoms with Gasteiger partial charge >= 0.3 is 5.97 Å². The van der Waals surface area contributed by atoms with Crippen molar-refractivity contribution < 1.29 is 24.5 Å². The molecule has 0 bridgehead atoms. The maximum atomic E-state index is 12.1. The average Bonchev–Trinajstić information content (AvgIpc) is 3.03. The number of aromatic hydroxyl groups is 1. The van der Waals surface area contributed by atoms with Crippen LogP contribution in [0.4, 0.5) is 0 Å². The molecule has 0 saturated heterocycles. The van der Waals surface area contributed by atoms with Gasteiger partial charge in [0.1, 0.15) is 33.8 Å². The summed E-state index contributed by atoms with van der Waals surface area (Å²) in [6, 6.07) is 7.75. The minimum absolute atomic E-state index is 0.0323. The van der Waals surface area contributed by atoms with E-state index in [0.29, 0.717) is 28.0 Å². The lowest BCUT2D eigenvalue weighted by molar-refractivity contribution is 0.0523. The predicted molar refractivity (Wildman–Crippen MR) is 89.0 cm³/mol. The summed E-state index contributed by atoms with van der Waals surface area (Å²) in [5.41, 5.74) is 2.10. The number of phenolic OH excluding ortho intramolecular Hbond substituents is 1. The minimum atomic E-state index is -0.513. The molecule has 0 radical (unpaired) electrons. The highest BCUT2D eigenvalue weighted by Gasteiger charge is 2.18. The van der Waals surface area contributed by atoms with Gasteiger partial charge in [-0.2, -0.15) is 0 Å². The molecule has 2 aromatic carbocycles. The molecule has 130 valence electrons. The van der Waals surface area contributed by atoms with Gasteiger partial charge in [-0.1, -0.05) is 6.07 Å². The number of esters is 1. The van der Waals surface area contributed by atoms with Crippen molar-refractivity contribution in [2.75, 3.05) is 13.7 Å². The van der Waals surface area contributed by atoms with Gasteiger partial charge in [0.2, 0.25) is 0 Å². The molecule has 0 aliphatic heterocycles. The van der Waals surface area contributed by atoms with Crippen LogP contribution in [-0.2, 0) is 11.3 Å². The van der Waals surface area contributed by atoms with Gasteiger partial charge in [0.05, 0.1) is 20.3 Å². The number of carbonyl (C=O) groups excluding carboxylic acids is 1. The minimum Gasteiger partial charge on any atom is -0.506 e. The Morgan fingerprint density at radius 2 is 1.92 bits per heavy atom.